The van der Waals surface area contributed by atoms with Crippen LogP contribution in [0.15, 0.2) is 24.3 Å². The Kier molecular flexibility index (Phi) is 7.57. The Bertz CT molecular complexity index is 788. The second-order valence-corrected chi connectivity index (χ2v) is 10.6. The van der Waals surface area contributed by atoms with E-state index in [1.54, 1.807) is 24.3 Å². The van der Waals surface area contributed by atoms with Gasteiger partial charge in [-0.15, -0.1) is 0 Å². The number of anilines is 1. The van der Waals surface area contributed by atoms with Gasteiger partial charge >= 0.3 is 0 Å². The largest absolute Gasteiger partial charge is 0.338 e. The third-order valence-corrected chi connectivity index (χ3v) is 7.57. The number of carbonyl (C=O) groups excluding carboxylic acids is 1. The van der Waals surface area contributed by atoms with Gasteiger partial charge in [0.1, 0.15) is 0 Å². The number of nitrogens with zero attached hydrogens (tertiary/aromatic N) is 2. The lowest BCUT2D eigenvalue weighted by Gasteiger charge is -2.38. The summed E-state index contributed by atoms with van der Waals surface area (Å²) in [5.74, 6) is 1.29. The Labute approximate surface area is 175 Å². The zero-order valence-corrected chi connectivity index (χ0v) is 18.6. The number of rotatable bonds is 7. The van der Waals surface area contributed by atoms with Crippen LogP contribution in [-0.4, -0.2) is 62.6 Å². The van der Waals surface area contributed by atoms with Crippen molar-refractivity contribution in [1.82, 2.24) is 9.80 Å². The van der Waals surface area contributed by atoms with Gasteiger partial charge in [0.15, 0.2) is 0 Å². The van der Waals surface area contributed by atoms with Gasteiger partial charge in [-0.1, -0.05) is 26.0 Å². The van der Waals surface area contributed by atoms with Crippen molar-refractivity contribution in [3.63, 3.8) is 0 Å². The molecule has 1 amide bonds. The van der Waals surface area contributed by atoms with Crippen molar-refractivity contribution in [3.8, 4) is 0 Å². The molecule has 0 unspecified atom stereocenters. The molecule has 2 fully saturated rings. The van der Waals surface area contributed by atoms with E-state index in [1.807, 2.05) is 11.8 Å². The number of para-hydroxylation sites is 1. The van der Waals surface area contributed by atoms with Crippen molar-refractivity contribution in [2.75, 3.05) is 43.2 Å². The van der Waals surface area contributed by atoms with Gasteiger partial charge in [-0.25, -0.2) is 8.42 Å². The highest BCUT2D eigenvalue weighted by molar-refractivity contribution is 7.92. The predicted octanol–water partition coefficient (Wildman–Crippen LogP) is 3.42. The maximum Gasteiger partial charge on any atom is 0.255 e. The van der Waals surface area contributed by atoms with Crippen LogP contribution < -0.4 is 4.72 Å². The van der Waals surface area contributed by atoms with Crippen LogP contribution in [0.3, 0.4) is 0 Å². The summed E-state index contributed by atoms with van der Waals surface area (Å²) in [6.45, 7) is 9.02. The summed E-state index contributed by atoms with van der Waals surface area (Å²) >= 11 is 0. The van der Waals surface area contributed by atoms with Crippen LogP contribution in [0.1, 0.15) is 56.3 Å². The zero-order chi connectivity index (χ0) is 20.9. The summed E-state index contributed by atoms with van der Waals surface area (Å²) in [4.78, 5) is 17.7. The van der Waals surface area contributed by atoms with Gasteiger partial charge in [0.05, 0.1) is 17.0 Å². The number of hydrogen-bond acceptors (Lipinski definition) is 4. The van der Waals surface area contributed by atoms with E-state index in [-0.39, 0.29) is 11.7 Å². The van der Waals surface area contributed by atoms with E-state index in [0.717, 1.165) is 51.5 Å². The average Bonchev–Trinajstić information content (AvgIpc) is 2.69. The van der Waals surface area contributed by atoms with E-state index in [0.29, 0.717) is 23.6 Å². The van der Waals surface area contributed by atoms with Gasteiger partial charge in [-0.3, -0.25) is 9.52 Å². The summed E-state index contributed by atoms with van der Waals surface area (Å²) in [5.41, 5.74) is 0.831. The molecule has 2 aliphatic heterocycles. The lowest BCUT2D eigenvalue weighted by atomic mass is 9.94. The first kappa shape index (κ1) is 22.1. The molecule has 6 nitrogen and oxygen atoms in total. The van der Waals surface area contributed by atoms with Crippen LogP contribution in [0, 0.1) is 11.8 Å². The molecule has 1 aromatic rings. The van der Waals surface area contributed by atoms with Crippen molar-refractivity contribution in [3.05, 3.63) is 29.8 Å². The molecular formula is C22H35N3O3S. The van der Waals surface area contributed by atoms with Gasteiger partial charge in [0, 0.05) is 19.6 Å². The summed E-state index contributed by atoms with van der Waals surface area (Å²) in [5, 5.41) is 0. The quantitative estimate of drug-likeness (QED) is 0.732. The highest BCUT2D eigenvalue weighted by atomic mass is 32.2. The Hall–Kier alpha value is -1.60. The lowest BCUT2D eigenvalue weighted by molar-refractivity contribution is 0.0623. The van der Waals surface area contributed by atoms with Crippen LogP contribution in [0.4, 0.5) is 5.69 Å². The summed E-state index contributed by atoms with van der Waals surface area (Å²) in [7, 11) is -3.43. The Morgan fingerprint density at radius 3 is 2.59 bits per heavy atom. The summed E-state index contributed by atoms with van der Waals surface area (Å²) < 4.78 is 27.0. The van der Waals surface area contributed by atoms with Crippen LogP contribution in [-0.2, 0) is 10.0 Å². The van der Waals surface area contributed by atoms with Crippen molar-refractivity contribution in [2.45, 2.75) is 46.0 Å². The molecule has 0 spiro atoms. The minimum Gasteiger partial charge on any atom is -0.338 e. The molecule has 29 heavy (non-hydrogen) atoms. The fraction of sp³-hybridized carbons (Fsp3) is 0.682. The number of piperidine rings is 2. The molecule has 2 heterocycles. The Balaban J connectivity index is 1.65. The second kappa shape index (κ2) is 9.94. The Morgan fingerprint density at radius 1 is 1.14 bits per heavy atom. The fourth-order valence-corrected chi connectivity index (χ4v) is 5.58. The number of amides is 1. The number of carbonyl (C=O) groups is 1. The molecule has 1 aromatic carbocycles. The van der Waals surface area contributed by atoms with E-state index in [9.17, 15) is 13.2 Å². The first-order valence-electron chi connectivity index (χ1n) is 11.0. The first-order valence-corrected chi connectivity index (χ1v) is 12.6. The van der Waals surface area contributed by atoms with Crippen molar-refractivity contribution < 1.29 is 13.2 Å². The monoisotopic (exact) mass is 421 g/mol. The van der Waals surface area contributed by atoms with Crippen LogP contribution in [0.5, 0.6) is 0 Å². The average molecular weight is 422 g/mol. The van der Waals surface area contributed by atoms with Gasteiger partial charge in [0.2, 0.25) is 10.0 Å². The second-order valence-electron chi connectivity index (χ2n) is 8.71. The normalized spacial score (nSPS) is 21.9. The van der Waals surface area contributed by atoms with E-state index in [1.165, 1.54) is 12.8 Å². The molecule has 0 aliphatic carbocycles. The molecule has 1 atom stereocenters. The fourth-order valence-electron chi connectivity index (χ4n) is 4.42. The van der Waals surface area contributed by atoms with Crippen molar-refractivity contribution in [1.29, 1.82) is 0 Å². The third-order valence-electron chi connectivity index (χ3n) is 6.09. The molecule has 0 aromatic heterocycles. The predicted molar refractivity (Wildman–Crippen MR) is 118 cm³/mol. The highest BCUT2D eigenvalue weighted by Gasteiger charge is 2.28. The SMILES string of the molecule is CCCS(=O)(=O)Nc1ccccc1C(=O)N1CCC[C@H](CN2CCC(C)CC2)C1. The van der Waals surface area contributed by atoms with E-state index >= 15 is 0 Å². The molecule has 0 bridgehead atoms. The number of likely N-dealkylation sites (tertiary alicyclic amines) is 2. The van der Waals surface area contributed by atoms with Gasteiger partial charge < -0.3 is 9.80 Å². The van der Waals surface area contributed by atoms with Gasteiger partial charge in [0.25, 0.3) is 5.91 Å². The smallest absolute Gasteiger partial charge is 0.255 e. The van der Waals surface area contributed by atoms with Crippen LogP contribution in [0.25, 0.3) is 0 Å². The third kappa shape index (κ3) is 6.19. The Morgan fingerprint density at radius 2 is 1.86 bits per heavy atom. The van der Waals surface area contributed by atoms with E-state index < -0.39 is 10.0 Å². The van der Waals surface area contributed by atoms with Crippen LogP contribution in [0.2, 0.25) is 0 Å². The minimum absolute atomic E-state index is 0.0514. The maximum atomic E-state index is 13.2. The maximum absolute atomic E-state index is 13.2. The number of benzene rings is 1. The van der Waals surface area contributed by atoms with Crippen molar-refractivity contribution >= 4 is 21.6 Å². The lowest BCUT2D eigenvalue weighted by Crippen LogP contribution is -2.45. The molecule has 2 saturated heterocycles. The summed E-state index contributed by atoms with van der Waals surface area (Å²) in [6.07, 6.45) is 5.22. The number of sulfonamides is 1. The molecule has 0 saturated carbocycles. The number of hydrogen-bond donors (Lipinski definition) is 1. The van der Waals surface area contributed by atoms with Gasteiger partial charge in [-0.05, 0) is 69.2 Å². The molecule has 7 heteroatoms. The molecular weight excluding hydrogens is 386 g/mol. The van der Waals surface area contributed by atoms with Crippen molar-refractivity contribution in [2.24, 2.45) is 11.8 Å². The minimum atomic E-state index is -3.43. The summed E-state index contributed by atoms with van der Waals surface area (Å²) in [6, 6.07) is 6.96. The first-order chi connectivity index (χ1) is 13.9. The zero-order valence-electron chi connectivity index (χ0n) is 17.8. The molecule has 3 rings (SSSR count). The van der Waals surface area contributed by atoms with E-state index in [2.05, 4.69) is 16.5 Å². The number of nitrogens with one attached hydrogen (secondary N) is 1. The van der Waals surface area contributed by atoms with Crippen LogP contribution >= 0.6 is 0 Å². The molecule has 162 valence electrons. The molecule has 1 N–H and O–H groups in total. The van der Waals surface area contributed by atoms with Gasteiger partial charge in [-0.2, -0.15) is 0 Å². The van der Waals surface area contributed by atoms with E-state index in [4.69, 9.17) is 0 Å². The highest BCUT2D eigenvalue weighted by Crippen LogP contribution is 2.25. The topological polar surface area (TPSA) is 69.7 Å². The molecule has 0 radical (unpaired) electrons. The molecule has 2 aliphatic rings. The standard InChI is InChI=1S/C22H35N3O3S/c1-3-15-29(27,28)23-21-9-5-4-8-20(21)22(26)25-12-6-7-19(17-25)16-24-13-10-18(2)11-14-24/h4-5,8-9,18-19,23H,3,6-7,10-17H2,1-2H3/t19-/m1/s1.